The first-order chi connectivity index (χ1) is 6.06. The molecule has 0 heterocycles. The molecule has 0 radical (unpaired) electrons. The molecule has 0 amide bonds. The molecule has 0 aromatic heterocycles. The van der Waals surface area contributed by atoms with Crippen LogP contribution >= 0.6 is 24.2 Å². The van der Waals surface area contributed by atoms with Crippen LogP contribution in [-0.2, 0) is 4.74 Å². The molecule has 1 N–H and O–H groups in total. The second-order valence-electron chi connectivity index (χ2n) is 2.31. The first-order valence-electron chi connectivity index (χ1n) is 3.36. The number of rotatable bonds is 1. The van der Waals surface area contributed by atoms with Gasteiger partial charge in [-0.05, 0) is 12.1 Å². The average molecular weight is 219 g/mol. The number of esters is 1. The second kappa shape index (κ2) is 3.89. The Morgan fingerprint density at radius 3 is 2.77 bits per heavy atom. The summed E-state index contributed by atoms with van der Waals surface area (Å²) in [6, 6.07) is 2.60. The molecule has 0 aliphatic rings. The third kappa shape index (κ3) is 2.08. The van der Waals surface area contributed by atoms with E-state index in [1.165, 1.54) is 19.2 Å². The molecular weight excluding hydrogens is 212 g/mol. The quantitative estimate of drug-likeness (QED) is 0.561. The van der Waals surface area contributed by atoms with E-state index in [0.29, 0.717) is 9.92 Å². The van der Waals surface area contributed by atoms with Crippen molar-refractivity contribution in [1.29, 1.82) is 0 Å². The highest BCUT2D eigenvalue weighted by Crippen LogP contribution is 2.28. The second-order valence-corrected chi connectivity index (χ2v) is 3.20. The minimum Gasteiger partial charge on any atom is -0.507 e. The van der Waals surface area contributed by atoms with Crippen molar-refractivity contribution in [3.8, 4) is 5.75 Å². The number of thiol groups is 1. The summed E-state index contributed by atoms with van der Waals surface area (Å²) in [5.74, 6) is -0.825. The SMILES string of the molecule is COC(=O)c1cc(Cl)c(S)cc1O. The van der Waals surface area contributed by atoms with E-state index < -0.39 is 5.97 Å². The molecule has 5 heteroatoms. The highest BCUT2D eigenvalue weighted by Gasteiger charge is 2.13. The van der Waals surface area contributed by atoms with Crippen molar-refractivity contribution in [3.63, 3.8) is 0 Å². The van der Waals surface area contributed by atoms with Gasteiger partial charge in [0.15, 0.2) is 0 Å². The van der Waals surface area contributed by atoms with Gasteiger partial charge in [0.1, 0.15) is 11.3 Å². The number of ether oxygens (including phenoxy) is 1. The van der Waals surface area contributed by atoms with Crippen molar-refractivity contribution >= 4 is 30.2 Å². The Hall–Kier alpha value is -0.870. The van der Waals surface area contributed by atoms with Crippen LogP contribution in [0.25, 0.3) is 0 Å². The molecule has 0 saturated carbocycles. The zero-order valence-electron chi connectivity index (χ0n) is 6.74. The van der Waals surface area contributed by atoms with Gasteiger partial charge in [0.25, 0.3) is 0 Å². The molecule has 13 heavy (non-hydrogen) atoms. The van der Waals surface area contributed by atoms with Gasteiger partial charge in [0.05, 0.1) is 12.1 Å². The predicted octanol–water partition coefficient (Wildman–Crippen LogP) is 2.12. The van der Waals surface area contributed by atoms with Crippen molar-refractivity contribution in [2.75, 3.05) is 7.11 Å². The van der Waals surface area contributed by atoms with E-state index in [9.17, 15) is 9.90 Å². The third-order valence-electron chi connectivity index (χ3n) is 1.47. The van der Waals surface area contributed by atoms with E-state index in [4.69, 9.17) is 11.6 Å². The smallest absolute Gasteiger partial charge is 0.341 e. The number of halogens is 1. The lowest BCUT2D eigenvalue weighted by molar-refractivity contribution is 0.0597. The Labute approximate surface area is 85.7 Å². The summed E-state index contributed by atoms with van der Waals surface area (Å²) in [5.41, 5.74) is 0.0327. The number of phenols is 1. The first-order valence-corrected chi connectivity index (χ1v) is 4.18. The number of aromatic hydroxyl groups is 1. The molecule has 0 aliphatic carbocycles. The largest absolute Gasteiger partial charge is 0.507 e. The molecule has 1 rings (SSSR count). The molecule has 0 bridgehead atoms. The van der Waals surface area contributed by atoms with Gasteiger partial charge in [-0.15, -0.1) is 12.6 Å². The van der Waals surface area contributed by atoms with Crippen molar-refractivity contribution in [2.45, 2.75) is 4.90 Å². The van der Waals surface area contributed by atoms with Crippen LogP contribution < -0.4 is 0 Å². The summed E-state index contributed by atoms with van der Waals surface area (Å²) in [4.78, 5) is 11.4. The molecule has 0 aliphatic heterocycles. The van der Waals surface area contributed by atoms with Gasteiger partial charge < -0.3 is 9.84 Å². The van der Waals surface area contributed by atoms with Crippen molar-refractivity contribution in [1.82, 2.24) is 0 Å². The Morgan fingerprint density at radius 2 is 2.23 bits per heavy atom. The molecule has 0 saturated heterocycles. The zero-order valence-corrected chi connectivity index (χ0v) is 8.39. The minimum absolute atomic E-state index is 0.0327. The number of hydrogen-bond donors (Lipinski definition) is 2. The molecule has 0 fully saturated rings. The van der Waals surface area contributed by atoms with E-state index in [0.717, 1.165) is 0 Å². The van der Waals surface area contributed by atoms with Gasteiger partial charge >= 0.3 is 5.97 Å². The summed E-state index contributed by atoms with van der Waals surface area (Å²) >= 11 is 9.66. The maximum Gasteiger partial charge on any atom is 0.341 e. The lowest BCUT2D eigenvalue weighted by Crippen LogP contribution is -2.01. The fourth-order valence-corrected chi connectivity index (χ4v) is 1.17. The Bertz CT molecular complexity index is 351. The zero-order chi connectivity index (χ0) is 10.0. The summed E-state index contributed by atoms with van der Waals surface area (Å²) < 4.78 is 4.43. The van der Waals surface area contributed by atoms with Crippen LogP contribution in [0.2, 0.25) is 5.02 Å². The summed E-state index contributed by atoms with van der Waals surface area (Å²) in [7, 11) is 1.23. The van der Waals surface area contributed by atoms with Crippen LogP contribution in [-0.4, -0.2) is 18.2 Å². The van der Waals surface area contributed by atoms with Crippen LogP contribution in [0.5, 0.6) is 5.75 Å². The summed E-state index contributed by atoms with van der Waals surface area (Å²) in [6.45, 7) is 0. The minimum atomic E-state index is -0.632. The van der Waals surface area contributed by atoms with Gasteiger partial charge in [-0.1, -0.05) is 11.6 Å². The van der Waals surface area contributed by atoms with E-state index >= 15 is 0 Å². The number of carbonyl (C=O) groups is 1. The Balaban J connectivity index is 3.23. The van der Waals surface area contributed by atoms with E-state index in [1.807, 2.05) is 0 Å². The predicted molar refractivity (Wildman–Crippen MR) is 51.7 cm³/mol. The number of carbonyl (C=O) groups excluding carboxylic acids is 1. The van der Waals surface area contributed by atoms with E-state index in [2.05, 4.69) is 17.4 Å². The molecule has 0 atom stereocenters. The van der Waals surface area contributed by atoms with E-state index in [1.54, 1.807) is 0 Å². The molecule has 70 valence electrons. The van der Waals surface area contributed by atoms with Crippen molar-refractivity contribution in [2.24, 2.45) is 0 Å². The maximum atomic E-state index is 11.0. The molecule has 0 spiro atoms. The van der Waals surface area contributed by atoms with Crippen molar-refractivity contribution in [3.05, 3.63) is 22.7 Å². The molecule has 1 aromatic carbocycles. The summed E-state index contributed by atoms with van der Waals surface area (Å²) in [5, 5.41) is 9.60. The number of benzene rings is 1. The fraction of sp³-hybridized carbons (Fsp3) is 0.125. The van der Waals surface area contributed by atoms with Gasteiger partial charge in [0, 0.05) is 4.90 Å². The highest BCUT2D eigenvalue weighted by molar-refractivity contribution is 7.80. The van der Waals surface area contributed by atoms with Crippen LogP contribution in [0.1, 0.15) is 10.4 Å². The normalized spacial score (nSPS) is 9.77. The maximum absolute atomic E-state index is 11.0. The molecular formula is C8H7ClO3S. The standard InChI is InChI=1S/C8H7ClO3S/c1-12-8(11)4-2-5(9)7(13)3-6(4)10/h2-3,10,13H,1H3. The van der Waals surface area contributed by atoms with Crippen molar-refractivity contribution < 1.29 is 14.6 Å². The number of phenolic OH excluding ortho intramolecular Hbond substituents is 1. The van der Waals surface area contributed by atoms with Gasteiger partial charge in [-0.3, -0.25) is 0 Å². The first kappa shape index (κ1) is 10.2. The van der Waals surface area contributed by atoms with E-state index in [-0.39, 0.29) is 11.3 Å². The van der Waals surface area contributed by atoms with Crippen LogP contribution in [0, 0.1) is 0 Å². The third-order valence-corrected chi connectivity index (χ3v) is 2.28. The Morgan fingerprint density at radius 1 is 1.62 bits per heavy atom. The molecule has 0 unspecified atom stereocenters. The fourth-order valence-electron chi connectivity index (χ4n) is 0.824. The Kier molecular flexibility index (Phi) is 3.06. The van der Waals surface area contributed by atoms with Crippen LogP contribution in [0.15, 0.2) is 17.0 Å². The number of methoxy groups -OCH3 is 1. The molecule has 3 nitrogen and oxygen atoms in total. The lowest BCUT2D eigenvalue weighted by atomic mass is 10.2. The van der Waals surface area contributed by atoms with Crippen LogP contribution in [0.4, 0.5) is 0 Å². The number of hydrogen-bond acceptors (Lipinski definition) is 4. The molecule has 1 aromatic rings. The van der Waals surface area contributed by atoms with Gasteiger partial charge in [-0.25, -0.2) is 4.79 Å². The lowest BCUT2D eigenvalue weighted by Gasteiger charge is -2.04. The average Bonchev–Trinajstić information content (AvgIpc) is 2.10. The van der Waals surface area contributed by atoms with Gasteiger partial charge in [0.2, 0.25) is 0 Å². The summed E-state index contributed by atoms with van der Waals surface area (Å²) in [6.07, 6.45) is 0. The highest BCUT2D eigenvalue weighted by atomic mass is 35.5. The van der Waals surface area contributed by atoms with Gasteiger partial charge in [-0.2, -0.15) is 0 Å². The topological polar surface area (TPSA) is 46.5 Å². The van der Waals surface area contributed by atoms with Crippen LogP contribution in [0.3, 0.4) is 0 Å². The monoisotopic (exact) mass is 218 g/mol.